The van der Waals surface area contributed by atoms with E-state index < -0.39 is 18.0 Å². The molecule has 0 unspecified atom stereocenters. The molecule has 166 valence electrons. The zero-order chi connectivity index (χ0) is 22.8. The van der Waals surface area contributed by atoms with Crippen molar-refractivity contribution in [3.63, 3.8) is 0 Å². The highest BCUT2D eigenvalue weighted by molar-refractivity contribution is 5.91. The molecular weight excluding hydrogens is 394 g/mol. The van der Waals surface area contributed by atoms with Crippen LogP contribution in [0.2, 0.25) is 0 Å². The van der Waals surface area contributed by atoms with Crippen molar-refractivity contribution in [2.24, 2.45) is 0 Å². The third-order valence-electron chi connectivity index (χ3n) is 5.04. The molecule has 0 aromatic heterocycles. The molecule has 2 N–H and O–H groups in total. The quantitative estimate of drug-likeness (QED) is 0.643. The number of amides is 3. The van der Waals surface area contributed by atoms with E-state index in [0.717, 1.165) is 11.1 Å². The summed E-state index contributed by atoms with van der Waals surface area (Å²) in [5, 5.41) is 5.79. The van der Waals surface area contributed by atoms with Gasteiger partial charge in [-0.2, -0.15) is 0 Å². The molecule has 3 atom stereocenters. The van der Waals surface area contributed by atoms with Gasteiger partial charge in [-0.05, 0) is 31.9 Å². The van der Waals surface area contributed by atoms with Crippen molar-refractivity contribution in [1.82, 2.24) is 15.5 Å². The Morgan fingerprint density at radius 1 is 0.871 bits per heavy atom. The van der Waals surface area contributed by atoms with Crippen molar-refractivity contribution in [1.29, 1.82) is 0 Å². The monoisotopic (exact) mass is 425 g/mol. The Morgan fingerprint density at radius 3 is 1.84 bits per heavy atom. The zero-order valence-corrected chi connectivity index (χ0v) is 18.5. The Kier molecular flexibility index (Phi) is 9.06. The van der Waals surface area contributed by atoms with Crippen LogP contribution in [0.4, 0.5) is 4.79 Å². The molecule has 3 amide bonds. The molecule has 7 heteroatoms. The summed E-state index contributed by atoms with van der Waals surface area (Å²) >= 11 is 0. The number of nitrogens with one attached hydrogen (secondary N) is 2. The first-order valence-corrected chi connectivity index (χ1v) is 10.4. The fourth-order valence-electron chi connectivity index (χ4n) is 3.19. The summed E-state index contributed by atoms with van der Waals surface area (Å²) < 4.78 is 5.03. The normalized spacial score (nSPS) is 13.4. The van der Waals surface area contributed by atoms with Crippen LogP contribution in [0.3, 0.4) is 0 Å². The third kappa shape index (κ3) is 7.13. The van der Waals surface area contributed by atoms with Crippen LogP contribution in [0, 0.1) is 0 Å². The van der Waals surface area contributed by atoms with Gasteiger partial charge in [0.15, 0.2) is 0 Å². The lowest BCUT2D eigenvalue weighted by molar-refractivity contribution is -0.131. The minimum Gasteiger partial charge on any atom is -0.450 e. The van der Waals surface area contributed by atoms with Crippen LogP contribution in [-0.2, 0) is 14.3 Å². The molecule has 31 heavy (non-hydrogen) atoms. The predicted molar refractivity (Wildman–Crippen MR) is 119 cm³/mol. The fraction of sp³-hybridized carbons (Fsp3) is 0.375. The van der Waals surface area contributed by atoms with Crippen LogP contribution in [0.5, 0.6) is 0 Å². The van der Waals surface area contributed by atoms with Crippen molar-refractivity contribution in [2.75, 3.05) is 13.7 Å². The van der Waals surface area contributed by atoms with E-state index in [2.05, 4.69) is 10.6 Å². The second-order valence-corrected chi connectivity index (χ2v) is 7.37. The lowest BCUT2D eigenvalue weighted by Gasteiger charge is -2.28. The summed E-state index contributed by atoms with van der Waals surface area (Å²) in [6, 6.07) is 17.5. The molecular formula is C24H31N3O4. The van der Waals surface area contributed by atoms with Gasteiger partial charge in [-0.1, -0.05) is 60.7 Å². The van der Waals surface area contributed by atoms with E-state index >= 15 is 0 Å². The summed E-state index contributed by atoms with van der Waals surface area (Å²) in [6.45, 7) is 5.59. The minimum absolute atomic E-state index is 0.176. The molecule has 0 saturated heterocycles. The van der Waals surface area contributed by atoms with Crippen LogP contribution in [0.25, 0.3) is 0 Å². The van der Waals surface area contributed by atoms with Gasteiger partial charge in [0.2, 0.25) is 11.8 Å². The Bertz CT molecular complexity index is 858. The molecule has 0 heterocycles. The van der Waals surface area contributed by atoms with Crippen molar-refractivity contribution in [2.45, 2.75) is 45.3 Å². The standard InChI is InChI=1S/C24H31N3O4/c1-5-31-24(30)27(4)21(23(29)26-18(3)20-14-10-7-11-15-20)16-22(28)25-17(2)19-12-8-6-9-13-19/h6-15,17-18,21H,5,16H2,1-4H3,(H,25,28)(H,26,29)/t17-,18+,21+/m1/s1. The number of carbonyl (C=O) groups excluding carboxylic acids is 3. The molecule has 0 radical (unpaired) electrons. The summed E-state index contributed by atoms with van der Waals surface area (Å²) in [5.74, 6) is -0.755. The highest BCUT2D eigenvalue weighted by Crippen LogP contribution is 2.15. The predicted octanol–water partition coefficient (Wildman–Crippen LogP) is 3.59. The third-order valence-corrected chi connectivity index (χ3v) is 5.04. The van der Waals surface area contributed by atoms with Gasteiger partial charge in [-0.15, -0.1) is 0 Å². The lowest BCUT2D eigenvalue weighted by Crippen LogP contribution is -2.50. The van der Waals surface area contributed by atoms with Crippen LogP contribution in [-0.4, -0.2) is 42.5 Å². The highest BCUT2D eigenvalue weighted by atomic mass is 16.6. The summed E-state index contributed by atoms with van der Waals surface area (Å²) in [5.41, 5.74) is 1.88. The molecule has 0 fully saturated rings. The van der Waals surface area contributed by atoms with Crippen LogP contribution < -0.4 is 10.6 Å². The van der Waals surface area contributed by atoms with Gasteiger partial charge in [-0.25, -0.2) is 4.79 Å². The van der Waals surface area contributed by atoms with Gasteiger partial charge < -0.3 is 15.4 Å². The van der Waals surface area contributed by atoms with Gasteiger partial charge in [0.1, 0.15) is 6.04 Å². The van der Waals surface area contributed by atoms with Crippen molar-refractivity contribution in [3.05, 3.63) is 71.8 Å². The number of hydrogen-bond donors (Lipinski definition) is 2. The number of ether oxygens (including phenoxy) is 1. The molecule has 0 bridgehead atoms. The van der Waals surface area contributed by atoms with Gasteiger partial charge in [-0.3, -0.25) is 14.5 Å². The van der Waals surface area contributed by atoms with Gasteiger partial charge in [0, 0.05) is 7.05 Å². The molecule has 2 aromatic rings. The maximum absolute atomic E-state index is 13.0. The van der Waals surface area contributed by atoms with Gasteiger partial charge >= 0.3 is 6.09 Å². The number of nitrogens with zero attached hydrogens (tertiary/aromatic N) is 1. The maximum atomic E-state index is 13.0. The lowest BCUT2D eigenvalue weighted by atomic mass is 10.1. The second kappa shape index (κ2) is 11.7. The van der Waals surface area contributed by atoms with Crippen LogP contribution in [0.15, 0.2) is 60.7 Å². The minimum atomic E-state index is -1.01. The largest absolute Gasteiger partial charge is 0.450 e. The van der Waals surface area contributed by atoms with E-state index in [9.17, 15) is 14.4 Å². The van der Waals surface area contributed by atoms with Gasteiger partial charge in [0.25, 0.3) is 0 Å². The molecule has 0 aliphatic carbocycles. The number of hydrogen-bond acceptors (Lipinski definition) is 4. The van der Waals surface area contributed by atoms with E-state index in [1.807, 2.05) is 74.5 Å². The van der Waals surface area contributed by atoms with Crippen LogP contribution >= 0.6 is 0 Å². The Labute approximate surface area is 183 Å². The smallest absolute Gasteiger partial charge is 0.410 e. The summed E-state index contributed by atoms with van der Waals surface area (Å²) in [7, 11) is 1.46. The number of likely N-dealkylation sites (N-methyl/N-ethyl adjacent to an activating group) is 1. The molecule has 7 nitrogen and oxygen atoms in total. The van der Waals surface area contributed by atoms with Crippen molar-refractivity contribution < 1.29 is 19.1 Å². The molecule has 0 aliphatic heterocycles. The first-order valence-electron chi connectivity index (χ1n) is 10.4. The highest BCUT2D eigenvalue weighted by Gasteiger charge is 2.31. The number of carbonyl (C=O) groups is 3. The Balaban J connectivity index is 2.10. The molecule has 2 aromatic carbocycles. The van der Waals surface area contributed by atoms with E-state index in [0.29, 0.717) is 0 Å². The topological polar surface area (TPSA) is 87.7 Å². The average molecular weight is 426 g/mol. The Hall–Kier alpha value is -3.35. The number of rotatable bonds is 9. The fourth-order valence-corrected chi connectivity index (χ4v) is 3.19. The van der Waals surface area contributed by atoms with E-state index in [1.165, 1.54) is 11.9 Å². The van der Waals surface area contributed by atoms with Crippen molar-refractivity contribution in [3.8, 4) is 0 Å². The summed E-state index contributed by atoms with van der Waals surface area (Å²) in [4.78, 5) is 39.2. The zero-order valence-electron chi connectivity index (χ0n) is 18.5. The van der Waals surface area contributed by atoms with Crippen molar-refractivity contribution >= 4 is 17.9 Å². The number of benzene rings is 2. The first kappa shape index (κ1) is 23.9. The maximum Gasteiger partial charge on any atom is 0.410 e. The molecule has 0 spiro atoms. The van der Waals surface area contributed by atoms with E-state index in [-0.39, 0.29) is 31.0 Å². The summed E-state index contributed by atoms with van der Waals surface area (Å²) in [6.07, 6.45) is -0.834. The first-order chi connectivity index (χ1) is 14.8. The van der Waals surface area contributed by atoms with Gasteiger partial charge in [0.05, 0.1) is 25.1 Å². The van der Waals surface area contributed by atoms with E-state index in [4.69, 9.17) is 4.74 Å². The molecule has 0 aliphatic rings. The average Bonchev–Trinajstić information content (AvgIpc) is 2.78. The SMILES string of the molecule is CCOC(=O)N(C)[C@@H](CC(=O)N[C@H](C)c1ccccc1)C(=O)N[C@@H](C)c1ccccc1. The molecule has 2 rings (SSSR count). The second-order valence-electron chi connectivity index (χ2n) is 7.37. The van der Waals surface area contributed by atoms with Crippen LogP contribution in [0.1, 0.15) is 50.4 Å². The molecule has 0 saturated carbocycles. The van der Waals surface area contributed by atoms with E-state index in [1.54, 1.807) is 6.92 Å². The Morgan fingerprint density at radius 2 is 1.35 bits per heavy atom.